The predicted molar refractivity (Wildman–Crippen MR) is 125 cm³/mol. The molecule has 3 aromatic carbocycles. The molecule has 162 valence electrons. The van der Waals surface area contributed by atoms with Gasteiger partial charge in [-0.2, -0.15) is 0 Å². The molecule has 5 nitrogen and oxygen atoms in total. The van der Waals surface area contributed by atoms with Gasteiger partial charge in [-0.05, 0) is 56.5 Å². The Morgan fingerprint density at radius 2 is 1.48 bits per heavy atom. The molecule has 31 heavy (non-hydrogen) atoms. The minimum atomic E-state index is -3.88. The van der Waals surface area contributed by atoms with Crippen molar-refractivity contribution in [2.75, 3.05) is 10.8 Å². The van der Waals surface area contributed by atoms with Crippen molar-refractivity contribution < 1.29 is 13.2 Å². The largest absolute Gasteiger partial charge is 0.352 e. The van der Waals surface area contributed by atoms with Gasteiger partial charge in [-0.25, -0.2) is 8.42 Å². The van der Waals surface area contributed by atoms with Gasteiger partial charge in [0, 0.05) is 6.04 Å². The molecule has 0 saturated carbocycles. The second kappa shape index (κ2) is 10.3. The molecule has 3 rings (SSSR count). The Balaban J connectivity index is 1.73. The van der Waals surface area contributed by atoms with E-state index in [0.29, 0.717) is 5.69 Å². The number of nitrogens with zero attached hydrogens (tertiary/aromatic N) is 1. The average Bonchev–Trinajstić information content (AvgIpc) is 2.77. The van der Waals surface area contributed by atoms with E-state index in [1.165, 1.54) is 5.56 Å². The molecule has 0 spiro atoms. The summed E-state index contributed by atoms with van der Waals surface area (Å²) in [7, 11) is -3.88. The van der Waals surface area contributed by atoms with E-state index < -0.39 is 10.0 Å². The third-order valence-corrected chi connectivity index (χ3v) is 6.84. The second-order valence-electron chi connectivity index (χ2n) is 7.65. The highest BCUT2D eigenvalue weighted by Crippen LogP contribution is 2.23. The molecule has 0 aliphatic heterocycles. The summed E-state index contributed by atoms with van der Waals surface area (Å²) in [5.74, 6) is -0.333. The van der Waals surface area contributed by atoms with E-state index >= 15 is 0 Å². The lowest BCUT2D eigenvalue weighted by Gasteiger charge is -2.25. The average molecular weight is 437 g/mol. The van der Waals surface area contributed by atoms with Crippen LogP contribution in [0.25, 0.3) is 0 Å². The van der Waals surface area contributed by atoms with Crippen LogP contribution in [0, 0.1) is 6.92 Å². The van der Waals surface area contributed by atoms with Crippen LogP contribution in [0.1, 0.15) is 24.5 Å². The molecule has 6 heteroatoms. The third-order valence-electron chi connectivity index (χ3n) is 5.06. The number of carbonyl (C=O) groups is 1. The molecular weight excluding hydrogens is 408 g/mol. The zero-order valence-electron chi connectivity index (χ0n) is 17.9. The van der Waals surface area contributed by atoms with Crippen molar-refractivity contribution in [2.24, 2.45) is 0 Å². The molecular formula is C25H28N2O3S. The van der Waals surface area contributed by atoms with Crippen molar-refractivity contribution in [3.63, 3.8) is 0 Å². The van der Waals surface area contributed by atoms with Gasteiger partial charge in [-0.15, -0.1) is 0 Å². The van der Waals surface area contributed by atoms with Crippen molar-refractivity contribution in [1.82, 2.24) is 5.32 Å². The van der Waals surface area contributed by atoms with E-state index in [-0.39, 0.29) is 23.4 Å². The molecule has 0 aliphatic carbocycles. The summed E-state index contributed by atoms with van der Waals surface area (Å²) in [6.45, 7) is 3.55. The van der Waals surface area contributed by atoms with Crippen molar-refractivity contribution in [3.05, 3.63) is 96.1 Å². The number of sulfonamides is 1. The Morgan fingerprint density at radius 3 is 2.10 bits per heavy atom. The van der Waals surface area contributed by atoms with Crippen molar-refractivity contribution >= 4 is 21.6 Å². The standard InChI is InChI=1S/C25H28N2O3S/c1-20-13-17-24(18-14-20)31(29,30)27(23-11-7-4-8-12-23)19-25(28)26-21(2)15-16-22-9-5-3-6-10-22/h3-14,17-18,21H,15-16,19H2,1-2H3,(H,26,28)/t21-/m1/s1. The van der Waals surface area contributed by atoms with E-state index in [1.807, 2.05) is 38.1 Å². The number of amides is 1. The quantitative estimate of drug-likeness (QED) is 0.543. The van der Waals surface area contributed by atoms with Gasteiger partial charge in [-0.1, -0.05) is 66.2 Å². The molecule has 1 atom stereocenters. The first-order valence-corrected chi connectivity index (χ1v) is 11.8. The van der Waals surface area contributed by atoms with Gasteiger partial charge < -0.3 is 5.32 Å². The molecule has 0 saturated heterocycles. The van der Waals surface area contributed by atoms with Crippen molar-refractivity contribution in [2.45, 2.75) is 37.6 Å². The molecule has 1 amide bonds. The Hall–Kier alpha value is -3.12. The van der Waals surface area contributed by atoms with Crippen LogP contribution < -0.4 is 9.62 Å². The first-order valence-electron chi connectivity index (χ1n) is 10.3. The molecule has 0 bridgehead atoms. The SMILES string of the molecule is Cc1ccc(S(=O)(=O)N(CC(=O)N[C@H](C)CCc2ccccc2)c2ccccc2)cc1. The fourth-order valence-electron chi connectivity index (χ4n) is 3.30. The highest BCUT2D eigenvalue weighted by molar-refractivity contribution is 7.92. The Kier molecular flexibility index (Phi) is 7.47. The van der Waals surface area contributed by atoms with Gasteiger partial charge in [-0.3, -0.25) is 9.10 Å². The number of anilines is 1. The van der Waals surface area contributed by atoms with Crippen LogP contribution in [0.5, 0.6) is 0 Å². The zero-order chi connectivity index (χ0) is 22.3. The molecule has 0 aliphatic rings. The smallest absolute Gasteiger partial charge is 0.264 e. The Morgan fingerprint density at radius 1 is 0.903 bits per heavy atom. The maximum Gasteiger partial charge on any atom is 0.264 e. The molecule has 0 fully saturated rings. The van der Waals surface area contributed by atoms with E-state index in [9.17, 15) is 13.2 Å². The Bertz CT molecular complexity index is 1080. The number of rotatable bonds is 9. The minimum absolute atomic E-state index is 0.0765. The van der Waals surface area contributed by atoms with E-state index in [4.69, 9.17) is 0 Å². The fourth-order valence-corrected chi connectivity index (χ4v) is 4.72. The number of nitrogens with one attached hydrogen (secondary N) is 1. The summed E-state index contributed by atoms with van der Waals surface area (Å²) in [6, 6.07) is 25.3. The summed E-state index contributed by atoms with van der Waals surface area (Å²) in [6.07, 6.45) is 1.61. The van der Waals surface area contributed by atoms with Crippen molar-refractivity contribution in [3.8, 4) is 0 Å². The molecule has 0 aromatic heterocycles. The Labute approximate surface area is 184 Å². The highest BCUT2D eigenvalue weighted by atomic mass is 32.2. The number of hydrogen-bond acceptors (Lipinski definition) is 3. The van der Waals surface area contributed by atoms with Gasteiger partial charge in [0.05, 0.1) is 10.6 Å². The monoisotopic (exact) mass is 436 g/mol. The van der Waals surface area contributed by atoms with Crippen LogP contribution in [0.2, 0.25) is 0 Å². The number of carbonyl (C=O) groups excluding carboxylic acids is 1. The molecule has 3 aromatic rings. The molecule has 0 radical (unpaired) electrons. The number of benzene rings is 3. The van der Waals surface area contributed by atoms with Crippen LogP contribution in [0.15, 0.2) is 89.8 Å². The van der Waals surface area contributed by atoms with Crippen LogP contribution in [-0.2, 0) is 21.2 Å². The van der Waals surface area contributed by atoms with Crippen LogP contribution in [-0.4, -0.2) is 26.9 Å². The lowest BCUT2D eigenvalue weighted by molar-refractivity contribution is -0.120. The lowest BCUT2D eigenvalue weighted by atomic mass is 10.1. The lowest BCUT2D eigenvalue weighted by Crippen LogP contribution is -2.43. The molecule has 1 N–H and O–H groups in total. The third kappa shape index (κ3) is 6.18. The fraction of sp³-hybridized carbons (Fsp3) is 0.240. The van der Waals surface area contributed by atoms with E-state index in [2.05, 4.69) is 17.4 Å². The number of para-hydroxylation sites is 1. The number of aryl methyl sites for hydroxylation is 2. The van der Waals surface area contributed by atoms with E-state index in [1.54, 1.807) is 48.5 Å². The summed E-state index contributed by atoms with van der Waals surface area (Å²) in [5, 5.41) is 2.94. The highest BCUT2D eigenvalue weighted by Gasteiger charge is 2.27. The van der Waals surface area contributed by atoms with Crippen LogP contribution in [0.3, 0.4) is 0 Å². The number of hydrogen-bond donors (Lipinski definition) is 1. The summed E-state index contributed by atoms with van der Waals surface area (Å²) in [5.41, 5.74) is 2.63. The van der Waals surface area contributed by atoms with Gasteiger partial charge in [0.25, 0.3) is 10.0 Å². The first-order chi connectivity index (χ1) is 14.9. The van der Waals surface area contributed by atoms with Gasteiger partial charge in [0.2, 0.25) is 5.91 Å². The maximum atomic E-state index is 13.3. The van der Waals surface area contributed by atoms with E-state index in [0.717, 1.165) is 22.7 Å². The van der Waals surface area contributed by atoms with Gasteiger partial charge in [0.15, 0.2) is 0 Å². The summed E-state index contributed by atoms with van der Waals surface area (Å²) in [4.78, 5) is 12.9. The zero-order valence-corrected chi connectivity index (χ0v) is 18.7. The first kappa shape index (κ1) is 22.6. The predicted octanol–water partition coefficient (Wildman–Crippen LogP) is 4.33. The second-order valence-corrected chi connectivity index (χ2v) is 9.52. The van der Waals surface area contributed by atoms with Gasteiger partial charge in [0.1, 0.15) is 6.54 Å². The van der Waals surface area contributed by atoms with Crippen LogP contribution >= 0.6 is 0 Å². The summed E-state index contributed by atoms with van der Waals surface area (Å²) < 4.78 is 27.8. The molecule has 0 unspecified atom stereocenters. The summed E-state index contributed by atoms with van der Waals surface area (Å²) >= 11 is 0. The minimum Gasteiger partial charge on any atom is -0.352 e. The van der Waals surface area contributed by atoms with Crippen LogP contribution in [0.4, 0.5) is 5.69 Å². The maximum absolute atomic E-state index is 13.3. The van der Waals surface area contributed by atoms with Gasteiger partial charge >= 0.3 is 0 Å². The van der Waals surface area contributed by atoms with Crippen molar-refractivity contribution in [1.29, 1.82) is 0 Å². The normalized spacial score (nSPS) is 12.2. The molecule has 0 heterocycles. The topological polar surface area (TPSA) is 66.5 Å².